The maximum atomic E-state index is 12.9. The molecule has 0 N–H and O–H groups in total. The van der Waals surface area contributed by atoms with Crippen LogP contribution in [0.5, 0.6) is 0 Å². The van der Waals surface area contributed by atoms with E-state index in [1.807, 2.05) is 0 Å². The van der Waals surface area contributed by atoms with Gasteiger partial charge in [0, 0.05) is 19.7 Å². The maximum Gasteiger partial charge on any atom is 0.345 e. The van der Waals surface area contributed by atoms with E-state index in [9.17, 15) is 24.1 Å². The first kappa shape index (κ1) is 19.0. The number of nitro benzene ring substituents is 1. The van der Waals surface area contributed by atoms with Gasteiger partial charge in [-0.1, -0.05) is 24.3 Å². The summed E-state index contributed by atoms with van der Waals surface area (Å²) in [4.78, 5) is 36.0. The Bertz CT molecular complexity index is 836. The van der Waals surface area contributed by atoms with E-state index in [0.29, 0.717) is 11.1 Å². The number of hydrogen-bond donors (Lipinski definition) is 0. The number of esters is 1. The second-order valence-electron chi connectivity index (χ2n) is 5.68. The molecule has 0 fully saturated rings. The third kappa shape index (κ3) is 4.62. The van der Waals surface area contributed by atoms with Crippen LogP contribution in [0.1, 0.15) is 21.5 Å². The largest absolute Gasteiger partial charge is 0.452 e. The third-order valence-corrected chi connectivity index (χ3v) is 3.74. The van der Waals surface area contributed by atoms with E-state index in [1.165, 1.54) is 36.2 Å². The van der Waals surface area contributed by atoms with Crippen molar-refractivity contribution in [3.63, 3.8) is 0 Å². The normalized spacial score (nSPS) is 10.3. The van der Waals surface area contributed by atoms with Crippen molar-refractivity contribution in [2.75, 3.05) is 13.7 Å². The van der Waals surface area contributed by atoms with Crippen LogP contribution in [0.2, 0.25) is 0 Å². The van der Waals surface area contributed by atoms with E-state index in [1.54, 1.807) is 25.1 Å². The van der Waals surface area contributed by atoms with Gasteiger partial charge in [-0.3, -0.25) is 14.9 Å². The highest BCUT2D eigenvalue weighted by molar-refractivity contribution is 5.96. The number of carbonyl (C=O) groups is 2. The third-order valence-electron chi connectivity index (χ3n) is 3.74. The van der Waals surface area contributed by atoms with Gasteiger partial charge in [0.15, 0.2) is 6.61 Å². The molecule has 0 aromatic heterocycles. The number of amides is 1. The van der Waals surface area contributed by atoms with Gasteiger partial charge in [0.1, 0.15) is 11.4 Å². The molecule has 0 radical (unpaired) electrons. The number of benzene rings is 2. The summed E-state index contributed by atoms with van der Waals surface area (Å²) >= 11 is 0. The summed E-state index contributed by atoms with van der Waals surface area (Å²) in [6.45, 7) is 1.20. The fourth-order valence-electron chi connectivity index (χ4n) is 2.33. The Morgan fingerprint density at radius 1 is 1.19 bits per heavy atom. The van der Waals surface area contributed by atoms with Gasteiger partial charge in [0.2, 0.25) is 0 Å². The second-order valence-corrected chi connectivity index (χ2v) is 5.68. The second kappa shape index (κ2) is 8.19. The lowest BCUT2D eigenvalue weighted by Gasteiger charge is -2.17. The lowest BCUT2D eigenvalue weighted by Crippen LogP contribution is -2.31. The summed E-state index contributed by atoms with van der Waals surface area (Å²) in [7, 11) is 1.51. The maximum absolute atomic E-state index is 12.9. The Kier molecular flexibility index (Phi) is 6.00. The highest BCUT2D eigenvalue weighted by Gasteiger charge is 2.24. The van der Waals surface area contributed by atoms with Crippen LogP contribution in [0.25, 0.3) is 0 Å². The van der Waals surface area contributed by atoms with Crippen LogP contribution in [0.15, 0.2) is 42.5 Å². The van der Waals surface area contributed by atoms with E-state index in [0.717, 1.165) is 0 Å². The highest BCUT2D eigenvalue weighted by Crippen LogP contribution is 2.22. The molecule has 0 aliphatic heterocycles. The van der Waals surface area contributed by atoms with Crippen LogP contribution in [0.4, 0.5) is 10.1 Å². The number of carbonyl (C=O) groups excluding carboxylic acids is 2. The van der Waals surface area contributed by atoms with Crippen molar-refractivity contribution >= 4 is 17.6 Å². The van der Waals surface area contributed by atoms with Crippen LogP contribution in [0, 0.1) is 22.9 Å². The molecule has 0 saturated carbocycles. The molecule has 0 aliphatic carbocycles. The minimum Gasteiger partial charge on any atom is -0.452 e. The molecule has 0 heterocycles. The van der Waals surface area contributed by atoms with E-state index in [2.05, 4.69) is 0 Å². The molecular weight excluding hydrogens is 343 g/mol. The number of nitro groups is 1. The number of aryl methyl sites for hydroxylation is 1. The topological polar surface area (TPSA) is 89.7 Å². The van der Waals surface area contributed by atoms with Crippen molar-refractivity contribution in [3.05, 3.63) is 75.1 Å². The van der Waals surface area contributed by atoms with Crippen molar-refractivity contribution in [2.24, 2.45) is 0 Å². The van der Waals surface area contributed by atoms with E-state index in [4.69, 9.17) is 4.74 Å². The van der Waals surface area contributed by atoms with Crippen LogP contribution < -0.4 is 0 Å². The van der Waals surface area contributed by atoms with Crippen LogP contribution in [0.3, 0.4) is 0 Å². The highest BCUT2D eigenvalue weighted by atomic mass is 19.1. The molecule has 26 heavy (non-hydrogen) atoms. The van der Waals surface area contributed by atoms with Gasteiger partial charge in [0.05, 0.1) is 4.92 Å². The average Bonchev–Trinajstić information content (AvgIpc) is 2.60. The van der Waals surface area contributed by atoms with Crippen molar-refractivity contribution in [1.29, 1.82) is 0 Å². The van der Waals surface area contributed by atoms with Crippen molar-refractivity contribution in [1.82, 2.24) is 4.90 Å². The summed E-state index contributed by atoms with van der Waals surface area (Å²) in [5.74, 6) is -1.80. The molecule has 0 saturated heterocycles. The fourth-order valence-corrected chi connectivity index (χ4v) is 2.33. The molecule has 0 unspecified atom stereocenters. The number of halogens is 1. The first-order valence-corrected chi connectivity index (χ1v) is 7.69. The molecule has 2 aromatic carbocycles. The zero-order valence-electron chi connectivity index (χ0n) is 14.3. The standard InChI is InChI=1S/C18H17FN2O5/c1-12-4-3-5-15(21(24)25)17(12)18(23)26-11-16(22)20(2)10-13-6-8-14(19)9-7-13/h3-9H,10-11H2,1-2H3. The number of rotatable bonds is 6. The van der Waals surface area contributed by atoms with Crippen molar-refractivity contribution in [2.45, 2.75) is 13.5 Å². The van der Waals surface area contributed by atoms with E-state index in [-0.39, 0.29) is 23.6 Å². The van der Waals surface area contributed by atoms with Crippen molar-refractivity contribution < 1.29 is 23.6 Å². The van der Waals surface area contributed by atoms with Gasteiger partial charge in [-0.2, -0.15) is 0 Å². The predicted octanol–water partition coefficient (Wildman–Crippen LogP) is 2.86. The lowest BCUT2D eigenvalue weighted by atomic mass is 10.1. The molecule has 2 rings (SSSR count). The summed E-state index contributed by atoms with van der Waals surface area (Å²) in [5, 5.41) is 11.0. The summed E-state index contributed by atoms with van der Waals surface area (Å²) in [5.41, 5.74) is 0.549. The van der Waals surface area contributed by atoms with E-state index < -0.39 is 23.4 Å². The molecule has 0 aliphatic rings. The Balaban J connectivity index is 2.00. The Morgan fingerprint density at radius 3 is 2.46 bits per heavy atom. The van der Waals surface area contributed by atoms with Crippen molar-refractivity contribution in [3.8, 4) is 0 Å². The zero-order chi connectivity index (χ0) is 19.3. The summed E-state index contributed by atoms with van der Waals surface area (Å²) in [6.07, 6.45) is 0. The molecule has 8 heteroatoms. The molecule has 7 nitrogen and oxygen atoms in total. The van der Waals surface area contributed by atoms with Gasteiger partial charge in [-0.25, -0.2) is 9.18 Å². The molecule has 0 atom stereocenters. The lowest BCUT2D eigenvalue weighted by molar-refractivity contribution is -0.385. The smallest absolute Gasteiger partial charge is 0.345 e. The quantitative estimate of drug-likeness (QED) is 0.449. The summed E-state index contributed by atoms with van der Waals surface area (Å²) < 4.78 is 17.8. The Morgan fingerprint density at radius 2 is 1.85 bits per heavy atom. The van der Waals surface area contributed by atoms with Gasteiger partial charge < -0.3 is 9.64 Å². The predicted molar refractivity (Wildman–Crippen MR) is 91.0 cm³/mol. The monoisotopic (exact) mass is 360 g/mol. The number of ether oxygens (including phenoxy) is 1. The van der Waals surface area contributed by atoms with Gasteiger partial charge in [0.25, 0.3) is 11.6 Å². The zero-order valence-corrected chi connectivity index (χ0v) is 14.3. The van der Waals surface area contributed by atoms with Crippen LogP contribution in [-0.4, -0.2) is 35.4 Å². The van der Waals surface area contributed by atoms with Crippen LogP contribution >= 0.6 is 0 Å². The first-order chi connectivity index (χ1) is 12.3. The first-order valence-electron chi connectivity index (χ1n) is 7.69. The Hall–Kier alpha value is -3.29. The molecule has 0 bridgehead atoms. The minimum absolute atomic E-state index is 0.175. The summed E-state index contributed by atoms with van der Waals surface area (Å²) in [6, 6.07) is 9.86. The molecular formula is C18H17FN2O5. The average molecular weight is 360 g/mol. The fraction of sp³-hybridized carbons (Fsp3) is 0.222. The molecule has 2 aromatic rings. The number of nitrogens with zero attached hydrogens (tertiary/aromatic N) is 2. The minimum atomic E-state index is -0.932. The van der Waals surface area contributed by atoms with Gasteiger partial charge >= 0.3 is 5.97 Å². The van der Waals surface area contributed by atoms with Gasteiger partial charge in [-0.05, 0) is 30.2 Å². The number of likely N-dealkylation sites (N-methyl/N-ethyl adjacent to an activating group) is 1. The van der Waals surface area contributed by atoms with Gasteiger partial charge in [-0.15, -0.1) is 0 Å². The van der Waals surface area contributed by atoms with E-state index >= 15 is 0 Å². The molecule has 136 valence electrons. The Labute approximate surface area is 149 Å². The number of hydrogen-bond acceptors (Lipinski definition) is 5. The SMILES string of the molecule is Cc1cccc([N+](=O)[O-])c1C(=O)OCC(=O)N(C)Cc1ccc(F)cc1. The molecule has 0 spiro atoms. The molecule has 1 amide bonds. The van der Waals surface area contributed by atoms with Crippen LogP contribution in [-0.2, 0) is 16.1 Å².